The monoisotopic (exact) mass is 413 g/mol. The quantitative estimate of drug-likeness (QED) is 0.677. The Hall–Kier alpha value is -1.80. The molecular weight excluding hydrogens is 395 g/mol. The van der Waals surface area contributed by atoms with Crippen molar-refractivity contribution in [2.45, 2.75) is 10.8 Å². The maximum Gasteiger partial charge on any atom is 0.416 e. The molecule has 1 fully saturated rings. The van der Waals surface area contributed by atoms with Crippen molar-refractivity contribution >= 4 is 29.4 Å². The van der Waals surface area contributed by atoms with Crippen molar-refractivity contribution in [3.05, 3.63) is 65.2 Å². The average molecular weight is 413 g/mol. The summed E-state index contributed by atoms with van der Waals surface area (Å²) >= 11 is 3.82. The van der Waals surface area contributed by atoms with E-state index in [0.29, 0.717) is 15.9 Å². The van der Waals surface area contributed by atoms with E-state index in [4.69, 9.17) is 4.74 Å². The summed E-state index contributed by atoms with van der Waals surface area (Å²) in [6.07, 6.45) is -4.36. The minimum atomic E-state index is -4.36. The molecule has 3 rings (SSSR count). The third-order valence-electron chi connectivity index (χ3n) is 3.90. The maximum absolute atomic E-state index is 12.5. The number of alkyl halides is 3. The van der Waals surface area contributed by atoms with Crippen LogP contribution < -0.4 is 10.1 Å². The Kier molecular flexibility index (Phi) is 6.59. The van der Waals surface area contributed by atoms with Crippen LogP contribution >= 0.6 is 23.5 Å². The number of hydrogen-bond donors (Lipinski definition) is 1. The third-order valence-corrected chi connectivity index (χ3v) is 7.01. The van der Waals surface area contributed by atoms with Gasteiger partial charge in [0.05, 0.1) is 16.7 Å². The second-order valence-electron chi connectivity index (χ2n) is 5.82. The van der Waals surface area contributed by atoms with Gasteiger partial charge in [0.15, 0.2) is 0 Å². The molecule has 1 N–H and O–H groups in total. The molecule has 0 radical (unpaired) electrons. The van der Waals surface area contributed by atoms with Crippen LogP contribution in [0.4, 0.5) is 13.2 Å². The van der Waals surface area contributed by atoms with Gasteiger partial charge in [0, 0.05) is 17.1 Å². The van der Waals surface area contributed by atoms with Crippen LogP contribution in [-0.2, 0) is 6.18 Å². The van der Waals surface area contributed by atoms with Crippen LogP contribution in [0.15, 0.2) is 48.5 Å². The molecule has 1 amide bonds. The lowest BCUT2D eigenvalue weighted by Crippen LogP contribution is -2.28. The molecule has 0 aromatic heterocycles. The minimum Gasteiger partial charge on any atom is -0.492 e. The van der Waals surface area contributed by atoms with Gasteiger partial charge < -0.3 is 10.1 Å². The van der Waals surface area contributed by atoms with Crippen molar-refractivity contribution in [2.24, 2.45) is 0 Å². The fourth-order valence-corrected chi connectivity index (χ4v) is 5.38. The Morgan fingerprint density at radius 1 is 1.04 bits per heavy atom. The van der Waals surface area contributed by atoms with Crippen LogP contribution in [0.5, 0.6) is 5.75 Å². The zero-order valence-corrected chi connectivity index (χ0v) is 15.9. The van der Waals surface area contributed by atoms with E-state index in [2.05, 4.69) is 5.32 Å². The normalized spacial score (nSPS) is 14.9. The van der Waals surface area contributed by atoms with E-state index >= 15 is 0 Å². The van der Waals surface area contributed by atoms with Gasteiger partial charge in [-0.2, -0.15) is 13.2 Å². The number of carbonyl (C=O) groups excluding carboxylic acids is 1. The number of hydrogen-bond acceptors (Lipinski definition) is 4. The van der Waals surface area contributed by atoms with Gasteiger partial charge in [-0.1, -0.05) is 12.1 Å². The van der Waals surface area contributed by atoms with Gasteiger partial charge in [0.25, 0.3) is 5.91 Å². The molecule has 0 unspecified atom stereocenters. The summed E-state index contributed by atoms with van der Waals surface area (Å²) in [5, 5.41) is 2.74. The van der Waals surface area contributed by atoms with Crippen LogP contribution in [0.1, 0.15) is 26.1 Å². The van der Waals surface area contributed by atoms with Gasteiger partial charge in [-0.3, -0.25) is 4.79 Å². The summed E-state index contributed by atoms with van der Waals surface area (Å²) in [5.41, 5.74) is 1.06. The molecule has 27 heavy (non-hydrogen) atoms. The van der Waals surface area contributed by atoms with Crippen molar-refractivity contribution in [1.82, 2.24) is 5.32 Å². The lowest BCUT2D eigenvalue weighted by atomic mass is 10.1. The third kappa shape index (κ3) is 5.59. The predicted molar refractivity (Wildman–Crippen MR) is 103 cm³/mol. The number of benzene rings is 2. The summed E-state index contributed by atoms with van der Waals surface area (Å²) in [6, 6.07) is 12.0. The number of nitrogens with one attached hydrogen (secondary N) is 1. The fourth-order valence-electron chi connectivity index (χ4n) is 2.52. The van der Waals surface area contributed by atoms with Crippen LogP contribution in [0.3, 0.4) is 0 Å². The van der Waals surface area contributed by atoms with Crippen LogP contribution in [-0.4, -0.2) is 30.6 Å². The molecule has 1 aliphatic heterocycles. The summed E-state index contributed by atoms with van der Waals surface area (Å²) < 4.78 is 43.3. The van der Waals surface area contributed by atoms with Crippen molar-refractivity contribution in [1.29, 1.82) is 0 Å². The van der Waals surface area contributed by atoms with Gasteiger partial charge in [-0.25, -0.2) is 0 Å². The largest absolute Gasteiger partial charge is 0.492 e. The highest BCUT2D eigenvalue weighted by Gasteiger charge is 2.30. The first kappa shape index (κ1) is 19.9. The number of rotatable bonds is 6. The minimum absolute atomic E-state index is 0.171. The van der Waals surface area contributed by atoms with Gasteiger partial charge in [-0.05, 0) is 42.0 Å². The Bertz CT molecular complexity index is 758. The standard InChI is InChI=1S/C19H18F3NO2S2/c20-19(21,22)15-5-7-16(8-6-15)25-10-9-23-17(24)13-1-3-14(4-2-13)18-26-11-12-27-18/h1-8,18H,9-12H2,(H,23,24). The molecule has 0 saturated carbocycles. The summed E-state index contributed by atoms with van der Waals surface area (Å²) in [7, 11) is 0. The predicted octanol–water partition coefficient (Wildman–Crippen LogP) is 4.99. The smallest absolute Gasteiger partial charge is 0.416 e. The molecule has 0 spiro atoms. The van der Waals surface area contributed by atoms with E-state index in [1.54, 1.807) is 12.1 Å². The SMILES string of the molecule is O=C(NCCOc1ccc(C(F)(F)F)cc1)c1ccc(C2SCCS2)cc1. The number of carbonyl (C=O) groups is 1. The van der Waals surface area contributed by atoms with Crippen molar-refractivity contribution in [3.63, 3.8) is 0 Å². The van der Waals surface area contributed by atoms with Gasteiger partial charge in [0.1, 0.15) is 12.4 Å². The fraction of sp³-hybridized carbons (Fsp3) is 0.316. The van der Waals surface area contributed by atoms with Gasteiger partial charge >= 0.3 is 6.18 Å². The van der Waals surface area contributed by atoms with Gasteiger partial charge in [-0.15, -0.1) is 23.5 Å². The lowest BCUT2D eigenvalue weighted by Gasteiger charge is -2.11. The zero-order valence-electron chi connectivity index (χ0n) is 14.3. The number of halogens is 3. The second kappa shape index (κ2) is 8.93. The molecule has 144 valence electrons. The van der Waals surface area contributed by atoms with Crippen molar-refractivity contribution in [2.75, 3.05) is 24.7 Å². The Morgan fingerprint density at radius 3 is 2.26 bits per heavy atom. The molecule has 2 aromatic rings. The second-order valence-corrected chi connectivity index (χ2v) is 8.55. The van der Waals surface area contributed by atoms with Crippen LogP contribution in [0.2, 0.25) is 0 Å². The Balaban J connectivity index is 1.43. The van der Waals surface area contributed by atoms with Crippen molar-refractivity contribution < 1.29 is 22.7 Å². The van der Waals surface area contributed by atoms with E-state index in [1.165, 1.54) is 17.7 Å². The first-order chi connectivity index (χ1) is 12.9. The van der Waals surface area contributed by atoms with E-state index in [9.17, 15) is 18.0 Å². The molecule has 2 aromatic carbocycles. The topological polar surface area (TPSA) is 38.3 Å². The first-order valence-electron chi connectivity index (χ1n) is 8.35. The van der Waals surface area contributed by atoms with Crippen LogP contribution in [0, 0.1) is 0 Å². The van der Waals surface area contributed by atoms with E-state index in [0.717, 1.165) is 23.6 Å². The number of amides is 1. The highest BCUT2D eigenvalue weighted by atomic mass is 32.2. The van der Waals surface area contributed by atoms with Gasteiger partial charge in [0.2, 0.25) is 0 Å². The highest BCUT2D eigenvalue weighted by molar-refractivity contribution is 8.19. The molecule has 1 saturated heterocycles. The summed E-state index contributed by atoms with van der Waals surface area (Å²) in [6.45, 7) is 0.431. The average Bonchev–Trinajstić information content (AvgIpc) is 3.20. The van der Waals surface area contributed by atoms with E-state index < -0.39 is 11.7 Å². The summed E-state index contributed by atoms with van der Waals surface area (Å²) in [5.74, 6) is 2.42. The van der Waals surface area contributed by atoms with Crippen LogP contribution in [0.25, 0.3) is 0 Å². The molecular formula is C19H18F3NO2S2. The highest BCUT2D eigenvalue weighted by Crippen LogP contribution is 2.45. The zero-order chi connectivity index (χ0) is 19.3. The first-order valence-corrected chi connectivity index (χ1v) is 10.4. The van der Waals surface area contributed by atoms with E-state index in [1.807, 2.05) is 35.7 Å². The lowest BCUT2D eigenvalue weighted by molar-refractivity contribution is -0.137. The molecule has 8 heteroatoms. The maximum atomic E-state index is 12.5. The van der Waals surface area contributed by atoms with E-state index in [-0.39, 0.29) is 19.1 Å². The molecule has 3 nitrogen and oxygen atoms in total. The number of ether oxygens (including phenoxy) is 1. The van der Waals surface area contributed by atoms with Crippen molar-refractivity contribution in [3.8, 4) is 5.75 Å². The number of thioether (sulfide) groups is 2. The Morgan fingerprint density at radius 2 is 1.67 bits per heavy atom. The molecule has 1 aliphatic rings. The molecule has 0 atom stereocenters. The molecule has 0 aliphatic carbocycles. The molecule has 0 bridgehead atoms. The Labute approximate surface area is 164 Å². The molecule has 1 heterocycles. The summed E-state index contributed by atoms with van der Waals surface area (Å²) in [4.78, 5) is 12.1.